The van der Waals surface area contributed by atoms with Crippen LogP contribution in [0.3, 0.4) is 0 Å². The van der Waals surface area contributed by atoms with Crippen LogP contribution >= 0.6 is 0 Å². The summed E-state index contributed by atoms with van der Waals surface area (Å²) in [5, 5.41) is 11.7. The maximum Gasteiger partial charge on any atom is 0.317 e. The molecule has 0 aromatic heterocycles. The summed E-state index contributed by atoms with van der Waals surface area (Å²) in [7, 11) is 0. The second-order valence-corrected chi connectivity index (χ2v) is 3.73. The molecule has 0 aromatic carbocycles. The molecule has 1 saturated heterocycles. The summed E-state index contributed by atoms with van der Waals surface area (Å²) in [6, 6.07) is 0. The molecule has 0 spiro atoms. The molecule has 1 aliphatic rings. The molecule has 1 unspecified atom stereocenters. The number of alkyl halides is 2. The molecular weight excluding hydrogens is 192 g/mol. The Morgan fingerprint density at radius 2 is 2.29 bits per heavy atom. The number of carboxylic acids is 1. The second kappa shape index (κ2) is 3.81. The molecule has 82 valence electrons. The molecule has 0 saturated carbocycles. The van der Waals surface area contributed by atoms with Crippen LogP contribution in [0, 0.1) is 5.41 Å². The van der Waals surface area contributed by atoms with E-state index in [1.54, 1.807) is 0 Å². The minimum atomic E-state index is -3.13. The van der Waals surface area contributed by atoms with Gasteiger partial charge in [-0.05, 0) is 19.4 Å². The van der Waals surface area contributed by atoms with Crippen LogP contribution in [0.15, 0.2) is 0 Å². The van der Waals surface area contributed by atoms with Crippen molar-refractivity contribution < 1.29 is 18.7 Å². The summed E-state index contributed by atoms with van der Waals surface area (Å²) in [5.41, 5.74) is -1.90. The van der Waals surface area contributed by atoms with Crippen LogP contribution < -0.4 is 5.32 Å². The lowest BCUT2D eigenvalue weighted by Crippen LogP contribution is -2.56. The largest absolute Gasteiger partial charge is 0.481 e. The first kappa shape index (κ1) is 11.4. The Labute approximate surface area is 81.5 Å². The summed E-state index contributed by atoms with van der Waals surface area (Å²) in [4.78, 5) is 11.0. The van der Waals surface area contributed by atoms with Gasteiger partial charge in [-0.1, -0.05) is 6.92 Å². The van der Waals surface area contributed by atoms with Crippen molar-refractivity contribution in [3.8, 4) is 0 Å². The molecule has 5 heteroatoms. The van der Waals surface area contributed by atoms with Crippen molar-refractivity contribution in [2.75, 3.05) is 13.1 Å². The van der Waals surface area contributed by atoms with Crippen molar-refractivity contribution >= 4 is 5.97 Å². The molecule has 1 atom stereocenters. The van der Waals surface area contributed by atoms with Crippen LogP contribution in [0.1, 0.15) is 26.2 Å². The number of nitrogens with one attached hydrogen (secondary N) is 1. The number of hydrogen-bond donors (Lipinski definition) is 2. The standard InChI is InChI=1S/C9H15F2NO2/c1-2-9(10,11)8(7(13)14)4-3-5-12-6-8/h12H,2-6H2,1H3,(H,13,14). The Bertz CT molecular complexity index is 225. The Hall–Kier alpha value is -0.710. The van der Waals surface area contributed by atoms with Crippen molar-refractivity contribution in [3.63, 3.8) is 0 Å². The van der Waals surface area contributed by atoms with Crippen LogP contribution in [-0.4, -0.2) is 30.1 Å². The Morgan fingerprint density at radius 1 is 1.64 bits per heavy atom. The first-order chi connectivity index (χ1) is 6.46. The summed E-state index contributed by atoms with van der Waals surface area (Å²) < 4.78 is 27.0. The van der Waals surface area contributed by atoms with Crippen LogP contribution in [-0.2, 0) is 4.79 Å². The van der Waals surface area contributed by atoms with Gasteiger partial charge in [0.1, 0.15) is 5.41 Å². The maximum absolute atomic E-state index is 13.5. The molecule has 1 rings (SSSR count). The van der Waals surface area contributed by atoms with Crippen molar-refractivity contribution in [2.45, 2.75) is 32.1 Å². The molecule has 0 amide bonds. The molecule has 0 aliphatic carbocycles. The highest BCUT2D eigenvalue weighted by molar-refractivity contribution is 5.76. The van der Waals surface area contributed by atoms with Gasteiger partial charge in [0.05, 0.1) is 0 Å². The predicted molar refractivity (Wildman–Crippen MR) is 47.4 cm³/mol. The number of aliphatic carboxylic acids is 1. The van der Waals surface area contributed by atoms with Gasteiger partial charge in [-0.25, -0.2) is 8.78 Å². The van der Waals surface area contributed by atoms with Crippen molar-refractivity contribution in [1.29, 1.82) is 0 Å². The zero-order chi connectivity index (χ0) is 10.8. The third-order valence-corrected chi connectivity index (χ3v) is 2.94. The number of halogens is 2. The summed E-state index contributed by atoms with van der Waals surface area (Å²) in [5.74, 6) is -4.52. The molecule has 1 fully saturated rings. The number of rotatable bonds is 3. The third-order valence-electron chi connectivity index (χ3n) is 2.94. The molecule has 2 N–H and O–H groups in total. The lowest BCUT2D eigenvalue weighted by molar-refractivity contribution is -0.183. The van der Waals surface area contributed by atoms with E-state index in [1.807, 2.05) is 0 Å². The van der Waals surface area contributed by atoms with E-state index >= 15 is 0 Å². The molecule has 3 nitrogen and oxygen atoms in total. The van der Waals surface area contributed by atoms with Gasteiger partial charge in [0.15, 0.2) is 0 Å². The van der Waals surface area contributed by atoms with E-state index in [0.717, 1.165) is 0 Å². The van der Waals surface area contributed by atoms with Gasteiger partial charge in [-0.15, -0.1) is 0 Å². The van der Waals surface area contributed by atoms with Gasteiger partial charge in [-0.3, -0.25) is 4.79 Å². The summed E-state index contributed by atoms with van der Waals surface area (Å²) in [6.07, 6.45) is 0.110. The highest BCUT2D eigenvalue weighted by Gasteiger charge is 2.58. The third kappa shape index (κ3) is 1.61. The average molecular weight is 207 g/mol. The van der Waals surface area contributed by atoms with Crippen LogP contribution in [0.25, 0.3) is 0 Å². The van der Waals surface area contributed by atoms with Gasteiger partial charge in [-0.2, -0.15) is 0 Å². The van der Waals surface area contributed by atoms with Gasteiger partial charge >= 0.3 is 5.97 Å². The van der Waals surface area contributed by atoms with Crippen LogP contribution in [0.2, 0.25) is 0 Å². The van der Waals surface area contributed by atoms with Crippen molar-refractivity contribution in [2.24, 2.45) is 5.41 Å². The van der Waals surface area contributed by atoms with Crippen molar-refractivity contribution in [1.82, 2.24) is 5.32 Å². The van der Waals surface area contributed by atoms with E-state index in [2.05, 4.69) is 5.32 Å². The lowest BCUT2D eigenvalue weighted by Gasteiger charge is -2.39. The number of carboxylic acid groups (broad SMARTS) is 1. The van der Waals surface area contributed by atoms with E-state index in [0.29, 0.717) is 13.0 Å². The highest BCUT2D eigenvalue weighted by atomic mass is 19.3. The maximum atomic E-state index is 13.5. The number of piperidine rings is 1. The van der Waals surface area contributed by atoms with Gasteiger partial charge in [0.2, 0.25) is 0 Å². The Morgan fingerprint density at radius 3 is 2.64 bits per heavy atom. The summed E-state index contributed by atoms with van der Waals surface area (Å²) in [6.45, 7) is 1.80. The topological polar surface area (TPSA) is 49.3 Å². The van der Waals surface area contributed by atoms with Gasteiger partial charge in [0, 0.05) is 13.0 Å². The normalized spacial score (nSPS) is 28.8. The zero-order valence-electron chi connectivity index (χ0n) is 8.15. The van der Waals surface area contributed by atoms with Crippen LogP contribution in [0.5, 0.6) is 0 Å². The first-order valence-electron chi connectivity index (χ1n) is 4.78. The molecule has 1 heterocycles. The molecule has 14 heavy (non-hydrogen) atoms. The Kier molecular flexibility index (Phi) is 3.09. The monoisotopic (exact) mass is 207 g/mol. The number of hydrogen-bond acceptors (Lipinski definition) is 2. The molecule has 0 aromatic rings. The molecule has 0 radical (unpaired) electrons. The van der Waals surface area contributed by atoms with E-state index in [9.17, 15) is 13.6 Å². The van der Waals surface area contributed by atoms with E-state index in [1.165, 1.54) is 6.92 Å². The smallest absolute Gasteiger partial charge is 0.317 e. The quantitative estimate of drug-likeness (QED) is 0.737. The van der Waals surface area contributed by atoms with E-state index in [-0.39, 0.29) is 13.0 Å². The lowest BCUT2D eigenvalue weighted by atomic mass is 9.74. The average Bonchev–Trinajstić information content (AvgIpc) is 2.18. The fraction of sp³-hybridized carbons (Fsp3) is 0.889. The zero-order valence-corrected chi connectivity index (χ0v) is 8.15. The van der Waals surface area contributed by atoms with Crippen LogP contribution in [0.4, 0.5) is 8.78 Å². The fourth-order valence-corrected chi connectivity index (χ4v) is 1.89. The second-order valence-electron chi connectivity index (χ2n) is 3.73. The molecule has 0 bridgehead atoms. The van der Waals surface area contributed by atoms with Gasteiger partial charge < -0.3 is 10.4 Å². The highest BCUT2D eigenvalue weighted by Crippen LogP contribution is 2.44. The van der Waals surface area contributed by atoms with Gasteiger partial charge in [0.25, 0.3) is 5.92 Å². The first-order valence-corrected chi connectivity index (χ1v) is 4.78. The summed E-state index contributed by atoms with van der Waals surface area (Å²) >= 11 is 0. The SMILES string of the molecule is CCC(F)(F)C1(C(=O)O)CCCNC1. The Balaban J connectivity index is 2.97. The predicted octanol–water partition coefficient (Wildman–Crippen LogP) is 1.49. The minimum absolute atomic E-state index is 0.0518. The van der Waals surface area contributed by atoms with Crippen molar-refractivity contribution in [3.05, 3.63) is 0 Å². The van der Waals surface area contributed by atoms with E-state index in [4.69, 9.17) is 5.11 Å². The number of carbonyl (C=O) groups is 1. The molecular formula is C9H15F2NO2. The minimum Gasteiger partial charge on any atom is -0.481 e. The molecule has 1 aliphatic heterocycles. The van der Waals surface area contributed by atoms with E-state index < -0.39 is 23.7 Å². The fourth-order valence-electron chi connectivity index (χ4n) is 1.89.